The van der Waals surface area contributed by atoms with Gasteiger partial charge in [-0.2, -0.15) is 8.78 Å². The molecule has 0 fully saturated rings. The molecule has 0 rings (SSSR count). The minimum absolute atomic E-state index is 0.947. The highest BCUT2D eigenvalue weighted by molar-refractivity contribution is 6.17. The summed E-state index contributed by atoms with van der Waals surface area (Å²) in [5.74, 6) is 0. The molecule has 0 amide bonds. The first-order valence-corrected chi connectivity index (χ1v) is 2.40. The van der Waals surface area contributed by atoms with Gasteiger partial charge in [0.05, 0.1) is 0 Å². The van der Waals surface area contributed by atoms with Gasteiger partial charge in [-0.1, -0.05) is 11.6 Å². The van der Waals surface area contributed by atoms with Gasteiger partial charge in [0.15, 0.2) is 0 Å². The van der Waals surface area contributed by atoms with E-state index < -0.39 is 18.6 Å². The molecule has 0 heterocycles. The van der Waals surface area contributed by atoms with Gasteiger partial charge >= 0.3 is 12.5 Å². The second kappa shape index (κ2) is 3.22. The molecule has 0 aliphatic carbocycles. The van der Waals surface area contributed by atoms with Gasteiger partial charge < -0.3 is 0 Å². The Morgan fingerprint density at radius 1 is 1.44 bits per heavy atom. The molecule has 0 radical (unpaired) electrons. The molecule has 0 aromatic rings. The van der Waals surface area contributed by atoms with Crippen LogP contribution in [0.4, 0.5) is 17.6 Å². The van der Waals surface area contributed by atoms with Gasteiger partial charge in [0.2, 0.25) is 0 Å². The van der Waals surface area contributed by atoms with E-state index in [-0.39, 0.29) is 0 Å². The van der Waals surface area contributed by atoms with Gasteiger partial charge in [-0.15, -0.1) is 0 Å². The molecular weight excluding hydrogens is 163 g/mol. The Hall–Kier alpha value is -0.0300. The van der Waals surface area contributed by atoms with Gasteiger partial charge in [0.25, 0.3) is 0 Å². The average Bonchev–Trinajstić information content (AvgIpc) is 1.65. The van der Waals surface area contributed by atoms with Crippen molar-refractivity contribution in [3.63, 3.8) is 0 Å². The molecule has 0 N–H and O–H groups in total. The predicted octanol–water partition coefficient (Wildman–Crippen LogP) is 2.06. The van der Waals surface area contributed by atoms with Crippen molar-refractivity contribution >= 4 is 11.6 Å². The summed E-state index contributed by atoms with van der Waals surface area (Å²) in [6, 6.07) is -0.947. The molecular formula is C3H3ClF4O. The van der Waals surface area contributed by atoms with Crippen molar-refractivity contribution in [2.24, 2.45) is 0 Å². The number of hydrogen-bond donors (Lipinski definition) is 0. The topological polar surface area (TPSA) is 9.23 Å². The first kappa shape index (κ1) is 8.97. The van der Waals surface area contributed by atoms with Crippen molar-refractivity contribution < 1.29 is 22.3 Å². The van der Waals surface area contributed by atoms with Crippen molar-refractivity contribution in [3.8, 4) is 0 Å². The number of alkyl halides is 5. The second-order valence-corrected chi connectivity index (χ2v) is 1.33. The van der Waals surface area contributed by atoms with Crippen molar-refractivity contribution in [2.75, 3.05) is 6.07 Å². The van der Waals surface area contributed by atoms with E-state index in [1.807, 2.05) is 0 Å². The van der Waals surface area contributed by atoms with Crippen LogP contribution in [0, 0.1) is 0 Å². The zero-order chi connectivity index (χ0) is 7.49. The molecule has 0 bridgehead atoms. The lowest BCUT2D eigenvalue weighted by atomic mass is 10.7. The normalized spacial score (nSPS) is 12.7. The van der Waals surface area contributed by atoms with E-state index in [1.54, 1.807) is 0 Å². The summed E-state index contributed by atoms with van der Waals surface area (Å²) in [5.41, 5.74) is 0. The second-order valence-electron chi connectivity index (χ2n) is 1.12. The predicted molar refractivity (Wildman–Crippen MR) is 22.8 cm³/mol. The first-order chi connectivity index (χ1) is 4.00. The number of ether oxygens (including phenoxy) is 1. The smallest absolute Gasteiger partial charge is 0.300 e. The zero-order valence-electron chi connectivity index (χ0n) is 4.08. The molecule has 56 valence electrons. The number of halogens is 5. The van der Waals surface area contributed by atoms with Crippen LogP contribution in [-0.2, 0) is 4.74 Å². The number of hydrogen-bond acceptors (Lipinski definition) is 1. The highest BCUT2D eigenvalue weighted by Crippen LogP contribution is 2.23. The fourth-order valence-electron chi connectivity index (χ4n) is 0.136. The van der Waals surface area contributed by atoms with Gasteiger partial charge in [-0.25, -0.2) is 8.78 Å². The summed E-state index contributed by atoms with van der Waals surface area (Å²) in [4.78, 5) is 0. The van der Waals surface area contributed by atoms with Gasteiger partial charge in [-0.3, -0.25) is 4.74 Å². The summed E-state index contributed by atoms with van der Waals surface area (Å²) >= 11 is 4.59. The third-order valence-corrected chi connectivity index (χ3v) is 0.610. The van der Waals surface area contributed by atoms with Crippen molar-refractivity contribution in [3.05, 3.63) is 0 Å². The van der Waals surface area contributed by atoms with Crippen LogP contribution in [0.5, 0.6) is 0 Å². The van der Waals surface area contributed by atoms with Crippen LogP contribution in [0.25, 0.3) is 0 Å². The third kappa shape index (κ3) is 2.86. The molecule has 0 atom stereocenters. The molecule has 0 saturated carbocycles. The SMILES string of the molecule is FC(F)C(F)(F)OCCl. The van der Waals surface area contributed by atoms with Crippen LogP contribution in [-0.4, -0.2) is 18.6 Å². The summed E-state index contributed by atoms with van der Waals surface area (Å²) in [7, 11) is 0. The van der Waals surface area contributed by atoms with Gasteiger partial charge in [-0.05, 0) is 0 Å². The molecule has 0 spiro atoms. The molecule has 0 aromatic carbocycles. The van der Waals surface area contributed by atoms with Crippen molar-refractivity contribution in [1.82, 2.24) is 0 Å². The molecule has 1 nitrogen and oxygen atoms in total. The Labute approximate surface area is 53.5 Å². The zero-order valence-corrected chi connectivity index (χ0v) is 4.84. The van der Waals surface area contributed by atoms with Crippen LogP contribution in [0.2, 0.25) is 0 Å². The summed E-state index contributed by atoms with van der Waals surface area (Å²) < 4.78 is 48.3. The lowest BCUT2D eigenvalue weighted by Gasteiger charge is -2.12. The Morgan fingerprint density at radius 2 is 1.89 bits per heavy atom. The highest BCUT2D eigenvalue weighted by Gasteiger charge is 2.41. The minimum Gasteiger partial charge on any atom is -0.300 e. The summed E-state index contributed by atoms with van der Waals surface area (Å²) in [6.45, 7) is 0. The Balaban J connectivity index is 3.70. The molecule has 9 heavy (non-hydrogen) atoms. The van der Waals surface area contributed by atoms with E-state index in [0.29, 0.717) is 0 Å². The quantitative estimate of drug-likeness (QED) is 0.461. The van der Waals surface area contributed by atoms with Crippen LogP contribution in [0.1, 0.15) is 0 Å². The Kier molecular flexibility index (Phi) is 3.21. The Bertz CT molecular complexity index is 85.9. The molecule has 0 aliphatic rings. The van der Waals surface area contributed by atoms with E-state index in [0.717, 1.165) is 0 Å². The molecule has 0 unspecified atom stereocenters. The average molecular weight is 167 g/mol. The minimum atomic E-state index is -4.41. The maximum atomic E-state index is 11.5. The molecule has 0 saturated heterocycles. The third-order valence-electron chi connectivity index (χ3n) is 0.501. The lowest BCUT2D eigenvalue weighted by molar-refractivity contribution is -0.292. The summed E-state index contributed by atoms with van der Waals surface area (Å²) in [6.07, 6.45) is -8.24. The van der Waals surface area contributed by atoms with E-state index >= 15 is 0 Å². The van der Waals surface area contributed by atoms with Crippen molar-refractivity contribution in [2.45, 2.75) is 12.5 Å². The van der Waals surface area contributed by atoms with Gasteiger partial charge in [0.1, 0.15) is 6.07 Å². The van der Waals surface area contributed by atoms with Crippen LogP contribution in [0.15, 0.2) is 0 Å². The van der Waals surface area contributed by atoms with Crippen LogP contribution >= 0.6 is 11.6 Å². The maximum absolute atomic E-state index is 11.5. The van der Waals surface area contributed by atoms with Crippen LogP contribution in [0.3, 0.4) is 0 Å². The summed E-state index contributed by atoms with van der Waals surface area (Å²) in [5, 5.41) is 0. The fourth-order valence-corrected chi connectivity index (χ4v) is 0.281. The maximum Gasteiger partial charge on any atom is 0.417 e. The fraction of sp³-hybridized carbons (Fsp3) is 1.00. The van der Waals surface area contributed by atoms with Crippen molar-refractivity contribution in [1.29, 1.82) is 0 Å². The first-order valence-electron chi connectivity index (χ1n) is 1.86. The van der Waals surface area contributed by atoms with E-state index in [2.05, 4.69) is 16.3 Å². The molecule has 6 heteroatoms. The van der Waals surface area contributed by atoms with Gasteiger partial charge in [0, 0.05) is 0 Å². The monoisotopic (exact) mass is 166 g/mol. The molecule has 0 aromatic heterocycles. The Morgan fingerprint density at radius 3 is 2.00 bits per heavy atom. The largest absolute Gasteiger partial charge is 0.417 e. The van der Waals surface area contributed by atoms with Crippen LogP contribution < -0.4 is 0 Å². The molecule has 0 aliphatic heterocycles. The number of rotatable bonds is 3. The van der Waals surface area contributed by atoms with E-state index in [1.165, 1.54) is 0 Å². The lowest BCUT2D eigenvalue weighted by Crippen LogP contribution is -2.29. The highest BCUT2D eigenvalue weighted by atomic mass is 35.5. The standard InChI is InChI=1S/C3H3ClF4O/c4-1-9-3(7,8)2(5)6/h2H,1H2. The van der Waals surface area contributed by atoms with E-state index in [4.69, 9.17) is 0 Å². The van der Waals surface area contributed by atoms with E-state index in [9.17, 15) is 17.6 Å².